The molecule has 208 valence electrons. The summed E-state index contributed by atoms with van der Waals surface area (Å²) >= 11 is 0. The van der Waals surface area contributed by atoms with Gasteiger partial charge in [-0.25, -0.2) is 27.8 Å². The van der Waals surface area contributed by atoms with Crippen molar-refractivity contribution in [1.29, 1.82) is 0 Å². The lowest BCUT2D eigenvalue weighted by molar-refractivity contribution is -0.141. The van der Waals surface area contributed by atoms with Gasteiger partial charge in [0.05, 0.1) is 12.7 Å². The number of urea groups is 1. The average molecular weight is 546 g/mol. The van der Waals surface area contributed by atoms with Gasteiger partial charge in [0.15, 0.2) is 17.5 Å². The molecule has 2 aliphatic rings. The standard InChI is InChI=1S/C27H30F3N5O4/c1-17-23(26(37)39-2)25(19-14-20(28)24(30)21(29)15-19)35(27(38)32-17)34(16-36)11-5-10-33-12-7-18(8-13-33)22-6-3-4-9-31-22/h3-4,6,9,14-16,18,25H,5,7-8,10-13H2,1-2H3,(H,32,38). The molecule has 1 saturated heterocycles. The highest BCUT2D eigenvalue weighted by atomic mass is 19.2. The second-order valence-corrected chi connectivity index (χ2v) is 9.50. The molecule has 1 N–H and O–H groups in total. The van der Waals surface area contributed by atoms with Crippen molar-refractivity contribution in [3.05, 3.63) is 76.5 Å². The Hall–Kier alpha value is -3.93. The summed E-state index contributed by atoms with van der Waals surface area (Å²) in [5.74, 6) is -5.18. The minimum Gasteiger partial charge on any atom is -0.466 e. The van der Waals surface area contributed by atoms with Crippen LogP contribution in [-0.2, 0) is 14.3 Å². The normalized spacial score (nSPS) is 18.6. The predicted octanol–water partition coefficient (Wildman–Crippen LogP) is 3.66. The van der Waals surface area contributed by atoms with Crippen molar-refractivity contribution >= 4 is 18.4 Å². The molecule has 0 radical (unpaired) electrons. The van der Waals surface area contributed by atoms with Gasteiger partial charge in [-0.15, -0.1) is 0 Å². The summed E-state index contributed by atoms with van der Waals surface area (Å²) in [5, 5.41) is 4.46. The summed E-state index contributed by atoms with van der Waals surface area (Å²) in [7, 11) is 1.11. The molecule has 0 saturated carbocycles. The number of amides is 3. The Morgan fingerprint density at radius 2 is 1.90 bits per heavy atom. The molecule has 39 heavy (non-hydrogen) atoms. The van der Waals surface area contributed by atoms with Gasteiger partial charge in [-0.1, -0.05) is 6.07 Å². The maximum atomic E-state index is 14.2. The first-order chi connectivity index (χ1) is 18.7. The zero-order chi connectivity index (χ0) is 28.1. The summed E-state index contributed by atoms with van der Waals surface area (Å²) in [6, 6.07) is 5.05. The van der Waals surface area contributed by atoms with Gasteiger partial charge in [0.1, 0.15) is 6.04 Å². The van der Waals surface area contributed by atoms with Gasteiger partial charge in [0.2, 0.25) is 6.41 Å². The Morgan fingerprint density at radius 1 is 1.21 bits per heavy atom. The topological polar surface area (TPSA) is 95.1 Å². The van der Waals surface area contributed by atoms with Crippen molar-refractivity contribution in [1.82, 2.24) is 25.2 Å². The van der Waals surface area contributed by atoms with Crippen molar-refractivity contribution in [2.45, 2.75) is 38.1 Å². The van der Waals surface area contributed by atoms with Gasteiger partial charge in [-0.2, -0.15) is 0 Å². The van der Waals surface area contributed by atoms with E-state index in [1.807, 2.05) is 18.2 Å². The van der Waals surface area contributed by atoms with E-state index in [2.05, 4.69) is 15.2 Å². The van der Waals surface area contributed by atoms with E-state index in [1.54, 1.807) is 6.20 Å². The van der Waals surface area contributed by atoms with Crippen LogP contribution in [0.25, 0.3) is 0 Å². The van der Waals surface area contributed by atoms with Crippen molar-refractivity contribution < 1.29 is 32.3 Å². The largest absolute Gasteiger partial charge is 0.466 e. The van der Waals surface area contributed by atoms with Crippen LogP contribution in [0.1, 0.15) is 49.4 Å². The average Bonchev–Trinajstić information content (AvgIpc) is 2.94. The second-order valence-electron chi connectivity index (χ2n) is 9.50. The number of hydrazine groups is 1. The highest BCUT2D eigenvalue weighted by Gasteiger charge is 2.42. The van der Waals surface area contributed by atoms with Crippen LogP contribution in [-0.4, -0.2) is 71.6 Å². The number of nitrogens with one attached hydrogen (secondary N) is 1. The van der Waals surface area contributed by atoms with Gasteiger partial charge in [0.25, 0.3) is 0 Å². The van der Waals surface area contributed by atoms with E-state index in [4.69, 9.17) is 4.74 Å². The summed E-state index contributed by atoms with van der Waals surface area (Å²) in [6.07, 6.45) is 4.56. The van der Waals surface area contributed by atoms with Gasteiger partial charge < -0.3 is 15.0 Å². The number of esters is 1. The van der Waals surface area contributed by atoms with Gasteiger partial charge in [-0.3, -0.25) is 14.8 Å². The number of rotatable bonds is 9. The molecule has 0 aliphatic carbocycles. The second kappa shape index (κ2) is 12.3. The molecule has 1 fully saturated rings. The molecule has 1 atom stereocenters. The molecule has 1 aromatic carbocycles. The number of halogens is 3. The Morgan fingerprint density at radius 3 is 2.49 bits per heavy atom. The van der Waals surface area contributed by atoms with Crippen molar-refractivity contribution in [3.8, 4) is 0 Å². The van der Waals surface area contributed by atoms with E-state index in [-0.39, 0.29) is 23.4 Å². The third-order valence-corrected chi connectivity index (χ3v) is 7.11. The quantitative estimate of drug-likeness (QED) is 0.294. The number of likely N-dealkylation sites (tertiary alicyclic amines) is 1. The van der Waals surface area contributed by atoms with Crippen LogP contribution < -0.4 is 5.32 Å². The first-order valence-corrected chi connectivity index (χ1v) is 12.6. The molecule has 12 heteroatoms. The van der Waals surface area contributed by atoms with Crippen LogP contribution in [0.4, 0.5) is 18.0 Å². The molecule has 9 nitrogen and oxygen atoms in total. The number of aromatic nitrogens is 1. The number of carbonyl (C=O) groups excluding carboxylic acids is 3. The highest BCUT2D eigenvalue weighted by molar-refractivity contribution is 5.95. The predicted molar refractivity (Wildman–Crippen MR) is 134 cm³/mol. The molecule has 2 aliphatic heterocycles. The Balaban J connectivity index is 1.50. The van der Waals surface area contributed by atoms with Crippen LogP contribution >= 0.6 is 0 Å². The van der Waals surface area contributed by atoms with E-state index in [0.29, 0.717) is 37.4 Å². The van der Waals surface area contributed by atoms with Crippen LogP contribution in [0.2, 0.25) is 0 Å². The van der Waals surface area contributed by atoms with Gasteiger partial charge >= 0.3 is 12.0 Å². The Bertz CT molecular complexity index is 1230. The molecular formula is C27H30F3N5O4. The molecule has 0 bridgehead atoms. The van der Waals surface area contributed by atoms with E-state index < -0.39 is 35.5 Å². The Labute approximate surface area is 224 Å². The lowest BCUT2D eigenvalue weighted by Crippen LogP contribution is -2.56. The van der Waals surface area contributed by atoms with Crippen molar-refractivity contribution in [2.24, 2.45) is 0 Å². The molecule has 3 amide bonds. The Kier molecular flexibility index (Phi) is 8.85. The smallest absolute Gasteiger partial charge is 0.341 e. The van der Waals surface area contributed by atoms with Gasteiger partial charge in [0, 0.05) is 30.1 Å². The first-order valence-electron chi connectivity index (χ1n) is 12.6. The first kappa shape index (κ1) is 28.1. The fraction of sp³-hybridized carbons (Fsp3) is 0.407. The fourth-order valence-electron chi connectivity index (χ4n) is 5.15. The summed E-state index contributed by atoms with van der Waals surface area (Å²) in [6.45, 7) is 3.82. The van der Waals surface area contributed by atoms with E-state index in [1.165, 1.54) is 6.92 Å². The van der Waals surface area contributed by atoms with Crippen LogP contribution in [0.3, 0.4) is 0 Å². The van der Waals surface area contributed by atoms with E-state index in [0.717, 1.165) is 48.8 Å². The number of hydrogen-bond donors (Lipinski definition) is 1. The van der Waals surface area contributed by atoms with Crippen molar-refractivity contribution in [2.75, 3.05) is 33.3 Å². The number of hydrogen-bond acceptors (Lipinski definition) is 6. The molecule has 1 aromatic heterocycles. The number of methoxy groups -OCH3 is 1. The number of carbonyl (C=O) groups is 3. The molecule has 0 spiro atoms. The number of nitrogens with zero attached hydrogens (tertiary/aromatic N) is 4. The third-order valence-electron chi connectivity index (χ3n) is 7.11. The van der Waals surface area contributed by atoms with E-state index in [9.17, 15) is 27.6 Å². The molecule has 1 unspecified atom stereocenters. The van der Waals surface area contributed by atoms with Crippen LogP contribution in [0, 0.1) is 17.5 Å². The monoisotopic (exact) mass is 545 g/mol. The summed E-state index contributed by atoms with van der Waals surface area (Å²) in [4.78, 5) is 44.6. The number of allylic oxidation sites excluding steroid dienone is 1. The SMILES string of the molecule is COC(=O)C1=C(C)NC(=O)N(N(C=O)CCCN2CCC(c3ccccn3)CC2)C1c1cc(F)c(F)c(F)c1. The number of pyridine rings is 1. The van der Waals surface area contributed by atoms with Crippen molar-refractivity contribution in [3.63, 3.8) is 0 Å². The lowest BCUT2D eigenvalue weighted by Gasteiger charge is -2.42. The van der Waals surface area contributed by atoms with Crippen LogP contribution in [0.5, 0.6) is 0 Å². The minimum atomic E-state index is -1.69. The molecule has 2 aromatic rings. The zero-order valence-electron chi connectivity index (χ0n) is 21.7. The number of ether oxygens (including phenoxy) is 1. The van der Waals surface area contributed by atoms with Gasteiger partial charge in [-0.05, 0) is 75.6 Å². The third kappa shape index (κ3) is 6.06. The molecule has 3 heterocycles. The summed E-state index contributed by atoms with van der Waals surface area (Å²) in [5.41, 5.74) is 0.778. The molecular weight excluding hydrogens is 515 g/mol. The number of benzene rings is 1. The maximum Gasteiger partial charge on any atom is 0.341 e. The zero-order valence-corrected chi connectivity index (χ0v) is 21.7. The van der Waals surface area contributed by atoms with E-state index >= 15 is 0 Å². The molecule has 4 rings (SSSR count). The minimum absolute atomic E-state index is 0.0766. The van der Waals surface area contributed by atoms with Crippen LogP contribution in [0.15, 0.2) is 47.8 Å². The number of piperidine rings is 1. The maximum absolute atomic E-state index is 14.2. The summed E-state index contributed by atoms with van der Waals surface area (Å²) < 4.78 is 46.9. The fourth-order valence-corrected chi connectivity index (χ4v) is 5.15. The highest BCUT2D eigenvalue weighted by Crippen LogP contribution is 2.36. The lowest BCUT2D eigenvalue weighted by atomic mass is 9.93.